The third-order valence-electron chi connectivity index (χ3n) is 3.76. The molecule has 122 valence electrons. The summed E-state index contributed by atoms with van der Waals surface area (Å²) in [6.45, 7) is 0. The first-order valence-electron chi connectivity index (χ1n) is 7.45. The van der Waals surface area contributed by atoms with Crippen molar-refractivity contribution in [2.75, 3.05) is 5.32 Å². The summed E-state index contributed by atoms with van der Waals surface area (Å²) in [4.78, 5) is 14.3. The Labute approximate surface area is 130 Å². The fraction of sp³-hybridized carbons (Fsp3) is 0.571. The molecular formula is C14H21N3O4S. The van der Waals surface area contributed by atoms with E-state index in [2.05, 4.69) is 10.3 Å². The van der Waals surface area contributed by atoms with E-state index in [0.29, 0.717) is 5.69 Å². The number of rotatable bonds is 4. The molecule has 1 saturated carbocycles. The van der Waals surface area contributed by atoms with Crippen LogP contribution in [0, 0.1) is 0 Å². The molecule has 3 N–H and O–H groups in total. The molecule has 0 atom stereocenters. The van der Waals surface area contributed by atoms with Gasteiger partial charge in [-0.1, -0.05) is 32.1 Å². The first-order valence-corrected chi connectivity index (χ1v) is 8.93. The first-order chi connectivity index (χ1) is 10.5. The predicted molar refractivity (Wildman–Crippen MR) is 82.3 cm³/mol. The van der Waals surface area contributed by atoms with Crippen molar-refractivity contribution < 1.29 is 18.3 Å². The molecule has 0 spiro atoms. The van der Waals surface area contributed by atoms with Gasteiger partial charge >= 0.3 is 6.09 Å². The van der Waals surface area contributed by atoms with Gasteiger partial charge in [-0.05, 0) is 18.9 Å². The van der Waals surface area contributed by atoms with E-state index in [1.807, 2.05) is 0 Å². The van der Waals surface area contributed by atoms with Gasteiger partial charge in [-0.25, -0.2) is 17.9 Å². The Morgan fingerprint density at radius 3 is 2.45 bits per heavy atom. The van der Waals surface area contributed by atoms with E-state index in [4.69, 9.17) is 5.11 Å². The van der Waals surface area contributed by atoms with Gasteiger partial charge in [0.1, 0.15) is 4.90 Å². The Morgan fingerprint density at radius 1 is 1.18 bits per heavy atom. The van der Waals surface area contributed by atoms with E-state index >= 15 is 0 Å². The number of hydrogen-bond donors (Lipinski definition) is 3. The molecule has 1 aliphatic rings. The van der Waals surface area contributed by atoms with E-state index in [9.17, 15) is 13.2 Å². The fourth-order valence-electron chi connectivity index (χ4n) is 2.70. The van der Waals surface area contributed by atoms with Gasteiger partial charge in [0.25, 0.3) is 10.0 Å². The van der Waals surface area contributed by atoms with Crippen LogP contribution in [0.4, 0.5) is 10.5 Å². The minimum absolute atomic E-state index is 0.139. The minimum atomic E-state index is -4.13. The lowest BCUT2D eigenvalue weighted by molar-refractivity contribution is 0.201. The number of sulfonamides is 1. The van der Waals surface area contributed by atoms with Gasteiger partial charge in [0.2, 0.25) is 0 Å². The van der Waals surface area contributed by atoms with Crippen LogP contribution in [0.2, 0.25) is 0 Å². The second kappa shape index (κ2) is 7.44. The van der Waals surface area contributed by atoms with E-state index < -0.39 is 16.1 Å². The van der Waals surface area contributed by atoms with Crippen LogP contribution in [0.1, 0.15) is 44.9 Å². The SMILES string of the molecule is O=C(O)NS(=O)(=O)c1cnccc1NC1CCCCCCC1. The summed E-state index contributed by atoms with van der Waals surface area (Å²) in [7, 11) is -4.13. The Balaban J connectivity index is 2.18. The van der Waals surface area contributed by atoms with Crippen LogP contribution in [-0.2, 0) is 10.0 Å². The summed E-state index contributed by atoms with van der Waals surface area (Å²) in [5.74, 6) is 0. The molecule has 0 aromatic carbocycles. The second-order valence-corrected chi connectivity index (χ2v) is 7.12. The lowest BCUT2D eigenvalue weighted by atomic mass is 9.96. The highest BCUT2D eigenvalue weighted by Gasteiger charge is 2.22. The van der Waals surface area contributed by atoms with Crippen molar-refractivity contribution in [2.45, 2.75) is 55.9 Å². The van der Waals surface area contributed by atoms with Crippen molar-refractivity contribution >= 4 is 21.8 Å². The monoisotopic (exact) mass is 327 g/mol. The zero-order valence-corrected chi connectivity index (χ0v) is 13.1. The Morgan fingerprint density at radius 2 is 1.82 bits per heavy atom. The van der Waals surface area contributed by atoms with E-state index in [0.717, 1.165) is 31.9 Å². The van der Waals surface area contributed by atoms with Crippen LogP contribution in [0.25, 0.3) is 0 Å². The third-order valence-corrected chi connectivity index (χ3v) is 5.11. The number of nitrogens with zero attached hydrogens (tertiary/aromatic N) is 1. The normalized spacial score (nSPS) is 17.3. The number of pyridine rings is 1. The lowest BCUT2D eigenvalue weighted by Crippen LogP contribution is -2.30. The average Bonchev–Trinajstić information content (AvgIpc) is 2.40. The summed E-state index contributed by atoms with van der Waals surface area (Å²) < 4.78 is 25.7. The molecule has 0 aliphatic heterocycles. The fourth-order valence-corrected chi connectivity index (χ4v) is 3.66. The van der Waals surface area contributed by atoms with Gasteiger partial charge in [-0.15, -0.1) is 0 Å². The number of anilines is 1. The van der Waals surface area contributed by atoms with E-state index in [1.54, 1.807) is 10.8 Å². The molecule has 0 bridgehead atoms. The van der Waals surface area contributed by atoms with Crippen LogP contribution in [-0.4, -0.2) is 30.6 Å². The molecule has 22 heavy (non-hydrogen) atoms. The Hall–Kier alpha value is -1.83. The number of aromatic nitrogens is 1. The number of carbonyl (C=O) groups is 1. The lowest BCUT2D eigenvalue weighted by Gasteiger charge is -2.23. The average molecular weight is 327 g/mol. The molecule has 2 rings (SSSR count). The smallest absolute Gasteiger partial charge is 0.418 e. The highest BCUT2D eigenvalue weighted by atomic mass is 32.2. The molecule has 1 aliphatic carbocycles. The summed E-state index contributed by atoms with van der Waals surface area (Å²) in [6.07, 6.45) is 8.87. The summed E-state index contributed by atoms with van der Waals surface area (Å²) in [6, 6.07) is 1.76. The summed E-state index contributed by atoms with van der Waals surface area (Å²) in [5.41, 5.74) is 0.398. The Bertz CT molecular complexity index is 610. The zero-order valence-electron chi connectivity index (χ0n) is 12.3. The van der Waals surface area contributed by atoms with Crippen molar-refractivity contribution in [2.24, 2.45) is 0 Å². The topological polar surface area (TPSA) is 108 Å². The largest absolute Gasteiger partial charge is 0.464 e. The molecule has 7 nitrogen and oxygen atoms in total. The number of carboxylic acid groups (broad SMARTS) is 1. The van der Waals surface area contributed by atoms with Crippen molar-refractivity contribution in [3.63, 3.8) is 0 Å². The van der Waals surface area contributed by atoms with Gasteiger partial charge in [0.05, 0.1) is 5.69 Å². The molecule has 1 fully saturated rings. The molecular weight excluding hydrogens is 306 g/mol. The minimum Gasteiger partial charge on any atom is -0.464 e. The van der Waals surface area contributed by atoms with Gasteiger partial charge in [-0.3, -0.25) is 4.98 Å². The summed E-state index contributed by atoms with van der Waals surface area (Å²) >= 11 is 0. The Kier molecular flexibility index (Phi) is 5.59. The molecule has 1 aromatic rings. The molecule has 1 heterocycles. The van der Waals surface area contributed by atoms with Gasteiger partial charge in [0, 0.05) is 18.4 Å². The molecule has 1 amide bonds. The van der Waals surface area contributed by atoms with Crippen molar-refractivity contribution in [3.05, 3.63) is 18.5 Å². The molecule has 1 aromatic heterocycles. The van der Waals surface area contributed by atoms with Gasteiger partial charge in [0.15, 0.2) is 0 Å². The highest BCUT2D eigenvalue weighted by molar-refractivity contribution is 7.90. The van der Waals surface area contributed by atoms with Crippen molar-refractivity contribution in [1.82, 2.24) is 9.71 Å². The van der Waals surface area contributed by atoms with E-state index in [-0.39, 0.29) is 10.9 Å². The molecule has 0 unspecified atom stereocenters. The van der Waals surface area contributed by atoms with Crippen molar-refractivity contribution in [1.29, 1.82) is 0 Å². The van der Waals surface area contributed by atoms with Crippen LogP contribution in [0.5, 0.6) is 0 Å². The van der Waals surface area contributed by atoms with Crippen LogP contribution >= 0.6 is 0 Å². The van der Waals surface area contributed by atoms with Crippen molar-refractivity contribution in [3.8, 4) is 0 Å². The maximum Gasteiger partial charge on any atom is 0.418 e. The zero-order chi connectivity index (χ0) is 16.0. The number of nitrogens with one attached hydrogen (secondary N) is 2. The third kappa shape index (κ3) is 4.59. The molecule has 8 heteroatoms. The van der Waals surface area contributed by atoms with Crippen LogP contribution in [0.15, 0.2) is 23.4 Å². The first kappa shape index (κ1) is 16.5. The van der Waals surface area contributed by atoms with E-state index in [1.165, 1.54) is 25.5 Å². The van der Waals surface area contributed by atoms with Crippen LogP contribution < -0.4 is 10.0 Å². The maximum absolute atomic E-state index is 12.1. The van der Waals surface area contributed by atoms with Gasteiger partial charge < -0.3 is 10.4 Å². The molecule has 0 radical (unpaired) electrons. The maximum atomic E-state index is 12.1. The van der Waals surface area contributed by atoms with Gasteiger partial charge in [-0.2, -0.15) is 0 Å². The highest BCUT2D eigenvalue weighted by Crippen LogP contribution is 2.24. The summed E-state index contributed by atoms with van der Waals surface area (Å²) in [5, 5.41) is 11.9. The number of amides is 1. The van der Waals surface area contributed by atoms with Crippen LogP contribution in [0.3, 0.4) is 0 Å². The second-order valence-electron chi connectivity index (χ2n) is 5.47. The standard InChI is InChI=1S/C14H21N3O4S/c18-14(19)17-22(20,21)13-10-15-9-8-12(13)16-11-6-4-2-1-3-5-7-11/h8-11,17H,1-7H2,(H,15,16)(H,18,19). The predicted octanol–water partition coefficient (Wildman–Crippen LogP) is 2.56. The molecule has 0 saturated heterocycles. The number of hydrogen-bond acceptors (Lipinski definition) is 5. The quantitative estimate of drug-likeness (QED) is 0.784.